The summed E-state index contributed by atoms with van der Waals surface area (Å²) >= 11 is 0. The summed E-state index contributed by atoms with van der Waals surface area (Å²) in [6.07, 6.45) is 0.477. The zero-order valence-electron chi connectivity index (χ0n) is 8.05. The van der Waals surface area contributed by atoms with Crippen molar-refractivity contribution in [2.24, 2.45) is 5.73 Å². The predicted molar refractivity (Wildman–Crippen MR) is 52.9 cm³/mol. The molecule has 1 aliphatic rings. The van der Waals surface area contributed by atoms with Crippen LogP contribution in [-0.2, 0) is 14.3 Å². The van der Waals surface area contributed by atoms with Crippen molar-refractivity contribution in [3.8, 4) is 0 Å². The maximum atomic E-state index is 11.2. The van der Waals surface area contributed by atoms with Gasteiger partial charge in [-0.15, -0.1) is 0 Å². The van der Waals surface area contributed by atoms with E-state index in [1.54, 1.807) is 0 Å². The molecule has 2 unspecified atom stereocenters. The van der Waals surface area contributed by atoms with E-state index in [0.717, 1.165) is 5.56 Å². The summed E-state index contributed by atoms with van der Waals surface area (Å²) in [5.74, 6) is -0.676. The van der Waals surface area contributed by atoms with Crippen LogP contribution in [0.5, 0.6) is 0 Å². The van der Waals surface area contributed by atoms with E-state index in [4.69, 9.17) is 10.5 Å². The lowest BCUT2D eigenvalue weighted by atomic mass is 10.1. The SMILES string of the molecule is NC(=O)C1(OC=O)CC1c1ccccc1. The van der Waals surface area contributed by atoms with Crippen molar-refractivity contribution in [1.29, 1.82) is 0 Å². The molecule has 1 aromatic rings. The largest absolute Gasteiger partial charge is 0.450 e. The third kappa shape index (κ3) is 1.48. The molecule has 1 aliphatic carbocycles. The number of primary amides is 1. The molecule has 0 radical (unpaired) electrons. The monoisotopic (exact) mass is 205 g/mol. The molecule has 4 nitrogen and oxygen atoms in total. The van der Waals surface area contributed by atoms with Crippen LogP contribution in [0.1, 0.15) is 17.9 Å². The van der Waals surface area contributed by atoms with Crippen LogP contribution in [0.4, 0.5) is 0 Å². The number of hydrogen-bond acceptors (Lipinski definition) is 3. The number of rotatable bonds is 4. The van der Waals surface area contributed by atoms with Gasteiger partial charge in [-0.3, -0.25) is 9.59 Å². The van der Waals surface area contributed by atoms with E-state index in [0.29, 0.717) is 6.42 Å². The Morgan fingerprint density at radius 2 is 2.13 bits per heavy atom. The van der Waals surface area contributed by atoms with Crippen LogP contribution in [0.15, 0.2) is 30.3 Å². The second-order valence-corrected chi connectivity index (χ2v) is 3.64. The zero-order valence-corrected chi connectivity index (χ0v) is 8.05. The van der Waals surface area contributed by atoms with Crippen molar-refractivity contribution in [3.63, 3.8) is 0 Å². The average molecular weight is 205 g/mol. The van der Waals surface area contributed by atoms with Gasteiger partial charge in [0, 0.05) is 12.3 Å². The molecule has 2 atom stereocenters. The van der Waals surface area contributed by atoms with Gasteiger partial charge < -0.3 is 10.5 Å². The maximum Gasteiger partial charge on any atom is 0.294 e. The van der Waals surface area contributed by atoms with Gasteiger partial charge in [0.05, 0.1) is 0 Å². The molecule has 0 aliphatic heterocycles. The van der Waals surface area contributed by atoms with E-state index in [1.165, 1.54) is 0 Å². The third-order valence-electron chi connectivity index (χ3n) is 2.79. The topological polar surface area (TPSA) is 69.4 Å². The van der Waals surface area contributed by atoms with Crippen LogP contribution < -0.4 is 5.73 Å². The summed E-state index contributed by atoms with van der Waals surface area (Å²) in [6, 6.07) is 9.42. The first-order valence-electron chi connectivity index (χ1n) is 4.67. The lowest BCUT2D eigenvalue weighted by Gasteiger charge is -2.10. The number of carbonyl (C=O) groups is 2. The van der Waals surface area contributed by atoms with Gasteiger partial charge in [-0.05, 0) is 5.56 Å². The van der Waals surface area contributed by atoms with E-state index < -0.39 is 11.5 Å². The Morgan fingerprint density at radius 3 is 2.67 bits per heavy atom. The fraction of sp³-hybridized carbons (Fsp3) is 0.273. The second kappa shape index (κ2) is 3.38. The maximum absolute atomic E-state index is 11.2. The van der Waals surface area contributed by atoms with Gasteiger partial charge in [-0.2, -0.15) is 0 Å². The molecule has 1 amide bonds. The van der Waals surface area contributed by atoms with Crippen LogP contribution in [0.3, 0.4) is 0 Å². The van der Waals surface area contributed by atoms with Gasteiger partial charge >= 0.3 is 0 Å². The summed E-state index contributed by atoms with van der Waals surface area (Å²) in [7, 11) is 0. The van der Waals surface area contributed by atoms with Crippen LogP contribution in [0.2, 0.25) is 0 Å². The van der Waals surface area contributed by atoms with E-state index in [1.807, 2.05) is 30.3 Å². The molecule has 15 heavy (non-hydrogen) atoms. The molecule has 4 heteroatoms. The Hall–Kier alpha value is -1.84. The highest BCUT2D eigenvalue weighted by atomic mass is 16.6. The number of hydrogen-bond donors (Lipinski definition) is 1. The molecular formula is C11H11NO3. The molecule has 0 heterocycles. The van der Waals surface area contributed by atoms with Gasteiger partial charge in [-0.1, -0.05) is 30.3 Å². The Morgan fingerprint density at radius 1 is 1.47 bits per heavy atom. The normalized spacial score (nSPS) is 28.1. The molecule has 1 fully saturated rings. The van der Waals surface area contributed by atoms with Crippen molar-refractivity contribution in [2.75, 3.05) is 0 Å². The van der Waals surface area contributed by atoms with Gasteiger partial charge in [0.1, 0.15) is 0 Å². The van der Waals surface area contributed by atoms with Crippen molar-refractivity contribution in [1.82, 2.24) is 0 Å². The zero-order chi connectivity index (χ0) is 10.9. The van der Waals surface area contributed by atoms with Crippen LogP contribution in [-0.4, -0.2) is 18.0 Å². The first-order valence-corrected chi connectivity index (χ1v) is 4.67. The summed E-state index contributed by atoms with van der Waals surface area (Å²) in [6.45, 7) is 0.285. The Labute approximate surface area is 87.0 Å². The lowest BCUT2D eigenvalue weighted by molar-refractivity contribution is -0.146. The smallest absolute Gasteiger partial charge is 0.294 e. The minimum atomic E-state index is -1.11. The van der Waals surface area contributed by atoms with E-state index in [-0.39, 0.29) is 12.4 Å². The summed E-state index contributed by atoms with van der Waals surface area (Å²) in [5.41, 5.74) is 5.09. The number of nitrogens with two attached hydrogens (primary N) is 1. The van der Waals surface area contributed by atoms with Crippen molar-refractivity contribution in [3.05, 3.63) is 35.9 Å². The first-order chi connectivity index (χ1) is 7.20. The van der Waals surface area contributed by atoms with Crippen LogP contribution in [0, 0.1) is 0 Å². The molecule has 2 rings (SSSR count). The summed E-state index contributed by atoms with van der Waals surface area (Å²) < 4.78 is 4.81. The molecule has 0 spiro atoms. The average Bonchev–Trinajstić information content (AvgIpc) is 2.96. The molecule has 0 saturated heterocycles. The van der Waals surface area contributed by atoms with Gasteiger partial charge in [0.2, 0.25) is 0 Å². The highest BCUT2D eigenvalue weighted by molar-refractivity contribution is 5.90. The number of benzene rings is 1. The van der Waals surface area contributed by atoms with Gasteiger partial charge in [0.25, 0.3) is 12.4 Å². The van der Waals surface area contributed by atoms with E-state index in [9.17, 15) is 9.59 Å². The van der Waals surface area contributed by atoms with Crippen molar-refractivity contribution < 1.29 is 14.3 Å². The molecule has 0 aromatic heterocycles. The molecule has 78 valence electrons. The second-order valence-electron chi connectivity index (χ2n) is 3.64. The fourth-order valence-electron chi connectivity index (χ4n) is 1.86. The number of amides is 1. The standard InChI is InChI=1S/C11H11NO3/c12-10(14)11(15-7-13)6-9(11)8-4-2-1-3-5-8/h1-5,7,9H,6H2,(H2,12,14). The van der Waals surface area contributed by atoms with Crippen LogP contribution >= 0.6 is 0 Å². The lowest BCUT2D eigenvalue weighted by Crippen LogP contribution is -2.34. The minimum Gasteiger partial charge on any atom is -0.450 e. The molecular weight excluding hydrogens is 194 g/mol. The minimum absolute atomic E-state index is 0.0959. The molecule has 2 N–H and O–H groups in total. The van der Waals surface area contributed by atoms with E-state index >= 15 is 0 Å². The van der Waals surface area contributed by atoms with Crippen LogP contribution in [0.25, 0.3) is 0 Å². The Balaban J connectivity index is 2.22. The quantitative estimate of drug-likeness (QED) is 0.730. The van der Waals surface area contributed by atoms with E-state index in [2.05, 4.69) is 0 Å². The molecule has 1 saturated carbocycles. The first kappa shape index (κ1) is 9.71. The van der Waals surface area contributed by atoms with Gasteiger partial charge in [0.15, 0.2) is 5.60 Å². The molecule has 0 bridgehead atoms. The van der Waals surface area contributed by atoms with Gasteiger partial charge in [-0.25, -0.2) is 0 Å². The Bertz CT molecular complexity index is 390. The van der Waals surface area contributed by atoms with Crippen molar-refractivity contribution in [2.45, 2.75) is 17.9 Å². The third-order valence-corrected chi connectivity index (χ3v) is 2.79. The van der Waals surface area contributed by atoms with Crippen molar-refractivity contribution >= 4 is 12.4 Å². The highest BCUT2D eigenvalue weighted by Gasteiger charge is 2.62. The number of ether oxygens (including phenoxy) is 1. The molecule has 1 aromatic carbocycles. The fourth-order valence-corrected chi connectivity index (χ4v) is 1.86. The predicted octanol–water partition coefficient (Wildman–Crippen LogP) is 0.571. The summed E-state index contributed by atoms with van der Waals surface area (Å²) in [5, 5.41) is 0. The highest BCUT2D eigenvalue weighted by Crippen LogP contribution is 2.53. The number of carbonyl (C=O) groups excluding carboxylic acids is 2. The Kier molecular flexibility index (Phi) is 2.19. The summed E-state index contributed by atoms with van der Waals surface area (Å²) in [4.78, 5) is 21.5.